The van der Waals surface area contributed by atoms with E-state index >= 15 is 0 Å². The van der Waals surface area contributed by atoms with E-state index in [1.807, 2.05) is 18.2 Å². The van der Waals surface area contributed by atoms with Crippen molar-refractivity contribution in [3.8, 4) is 5.75 Å². The average Bonchev–Trinajstić information content (AvgIpc) is 2.62. The monoisotopic (exact) mass is 373 g/mol. The third-order valence-electron chi connectivity index (χ3n) is 3.33. The Morgan fingerprint density at radius 1 is 1.12 bits per heavy atom. The maximum atomic E-state index is 12.0. The zero-order valence-corrected chi connectivity index (χ0v) is 15.3. The second-order valence-corrected chi connectivity index (χ2v) is 6.06. The highest BCUT2D eigenvalue weighted by Gasteiger charge is 2.14. The number of hydrogen-bond donors (Lipinski definition) is 2. The van der Waals surface area contributed by atoms with Crippen LogP contribution in [-0.2, 0) is 9.59 Å². The highest BCUT2D eigenvalue weighted by atomic mass is 35.5. The summed E-state index contributed by atoms with van der Waals surface area (Å²) in [6, 6.07) is 15.8. The molecule has 0 aliphatic heterocycles. The third kappa shape index (κ3) is 6.57. The summed E-state index contributed by atoms with van der Waals surface area (Å²) in [7, 11) is 0. The van der Waals surface area contributed by atoms with Crippen LogP contribution in [0, 0.1) is 0 Å². The molecular weight excluding hydrogens is 354 g/mol. The number of nitrogens with zero attached hydrogens (tertiary/aromatic N) is 1. The SMILES string of the molecule is C/C(CC(=O)Nc1ccccc1)=N\NC(=O)C(C)Oc1ccc(Cl)cc1. The van der Waals surface area contributed by atoms with Gasteiger partial charge in [-0.3, -0.25) is 9.59 Å². The van der Waals surface area contributed by atoms with E-state index in [9.17, 15) is 9.59 Å². The molecule has 1 atom stereocenters. The van der Waals surface area contributed by atoms with Crippen molar-refractivity contribution >= 4 is 34.8 Å². The Morgan fingerprint density at radius 3 is 2.42 bits per heavy atom. The summed E-state index contributed by atoms with van der Waals surface area (Å²) in [5.74, 6) is -0.0973. The van der Waals surface area contributed by atoms with Crippen molar-refractivity contribution in [3.63, 3.8) is 0 Å². The number of halogens is 1. The van der Waals surface area contributed by atoms with Gasteiger partial charge in [0.25, 0.3) is 5.91 Å². The van der Waals surface area contributed by atoms with Crippen LogP contribution in [0.2, 0.25) is 5.02 Å². The molecule has 7 heteroatoms. The van der Waals surface area contributed by atoms with Crippen molar-refractivity contribution in [1.29, 1.82) is 0 Å². The van der Waals surface area contributed by atoms with E-state index in [2.05, 4.69) is 15.8 Å². The van der Waals surface area contributed by atoms with Crippen LogP contribution in [0.1, 0.15) is 20.3 Å². The van der Waals surface area contributed by atoms with Crippen molar-refractivity contribution in [3.05, 3.63) is 59.6 Å². The molecule has 2 rings (SSSR count). The minimum absolute atomic E-state index is 0.0710. The van der Waals surface area contributed by atoms with E-state index < -0.39 is 12.0 Å². The van der Waals surface area contributed by atoms with Crippen LogP contribution in [0.5, 0.6) is 5.75 Å². The molecule has 0 saturated carbocycles. The van der Waals surface area contributed by atoms with Crippen molar-refractivity contribution in [2.24, 2.45) is 5.10 Å². The molecule has 6 nitrogen and oxygen atoms in total. The molecule has 0 aliphatic rings. The van der Waals surface area contributed by atoms with E-state index in [1.54, 1.807) is 50.2 Å². The summed E-state index contributed by atoms with van der Waals surface area (Å²) < 4.78 is 5.50. The fourth-order valence-corrected chi connectivity index (χ4v) is 2.14. The van der Waals surface area contributed by atoms with Gasteiger partial charge in [0, 0.05) is 16.4 Å². The molecule has 2 N–H and O–H groups in total. The van der Waals surface area contributed by atoms with Gasteiger partial charge in [0.2, 0.25) is 5.91 Å². The van der Waals surface area contributed by atoms with Gasteiger partial charge in [0.1, 0.15) is 5.75 Å². The quantitative estimate of drug-likeness (QED) is 0.574. The van der Waals surface area contributed by atoms with Gasteiger partial charge in [-0.25, -0.2) is 5.43 Å². The van der Waals surface area contributed by atoms with E-state index in [-0.39, 0.29) is 12.3 Å². The molecule has 0 saturated heterocycles. The fraction of sp³-hybridized carbons (Fsp3) is 0.211. The molecule has 2 amide bonds. The van der Waals surface area contributed by atoms with Crippen LogP contribution in [0.3, 0.4) is 0 Å². The molecule has 0 aliphatic carbocycles. The van der Waals surface area contributed by atoms with E-state index in [0.717, 1.165) is 0 Å². The number of para-hydroxylation sites is 1. The Bertz CT molecular complexity index is 776. The molecule has 0 radical (unpaired) electrons. The largest absolute Gasteiger partial charge is 0.481 e. The number of nitrogens with one attached hydrogen (secondary N) is 2. The Morgan fingerprint density at radius 2 is 1.77 bits per heavy atom. The lowest BCUT2D eigenvalue weighted by Gasteiger charge is -2.13. The van der Waals surface area contributed by atoms with E-state index in [0.29, 0.717) is 22.2 Å². The maximum Gasteiger partial charge on any atom is 0.280 e. The van der Waals surface area contributed by atoms with Gasteiger partial charge in [-0.15, -0.1) is 0 Å². The summed E-state index contributed by atoms with van der Waals surface area (Å²) in [5.41, 5.74) is 3.59. The number of carbonyl (C=O) groups is 2. The molecular formula is C19H20ClN3O3. The summed E-state index contributed by atoms with van der Waals surface area (Å²) in [6.07, 6.45) is -0.674. The number of rotatable bonds is 7. The first-order valence-electron chi connectivity index (χ1n) is 8.04. The summed E-state index contributed by atoms with van der Waals surface area (Å²) in [6.45, 7) is 3.27. The normalized spacial score (nSPS) is 12.2. The number of carbonyl (C=O) groups excluding carboxylic acids is 2. The highest BCUT2D eigenvalue weighted by Crippen LogP contribution is 2.16. The molecule has 0 spiro atoms. The van der Waals surface area contributed by atoms with Crippen molar-refractivity contribution < 1.29 is 14.3 Å². The average molecular weight is 374 g/mol. The van der Waals surface area contributed by atoms with Gasteiger partial charge in [0.15, 0.2) is 6.10 Å². The first-order valence-corrected chi connectivity index (χ1v) is 8.42. The molecule has 1 unspecified atom stereocenters. The maximum absolute atomic E-state index is 12.0. The number of hydrogen-bond acceptors (Lipinski definition) is 4. The van der Waals surface area contributed by atoms with Crippen LogP contribution in [0.15, 0.2) is 59.7 Å². The minimum atomic E-state index is -0.745. The van der Waals surface area contributed by atoms with Gasteiger partial charge < -0.3 is 10.1 Å². The zero-order valence-electron chi connectivity index (χ0n) is 14.5. The fourth-order valence-electron chi connectivity index (χ4n) is 2.01. The van der Waals surface area contributed by atoms with Crippen LogP contribution < -0.4 is 15.5 Å². The summed E-state index contributed by atoms with van der Waals surface area (Å²) in [5, 5.41) is 7.28. The lowest BCUT2D eigenvalue weighted by molar-refractivity contribution is -0.127. The molecule has 2 aromatic carbocycles. The number of ether oxygens (including phenoxy) is 1. The van der Waals surface area contributed by atoms with Gasteiger partial charge in [-0.1, -0.05) is 29.8 Å². The van der Waals surface area contributed by atoms with Gasteiger partial charge in [-0.05, 0) is 50.2 Å². The van der Waals surface area contributed by atoms with Crippen LogP contribution in [0.4, 0.5) is 5.69 Å². The van der Waals surface area contributed by atoms with Crippen molar-refractivity contribution in [2.75, 3.05) is 5.32 Å². The lowest BCUT2D eigenvalue weighted by Crippen LogP contribution is -2.34. The Kier molecular flexibility index (Phi) is 7.17. The zero-order chi connectivity index (χ0) is 18.9. The minimum Gasteiger partial charge on any atom is -0.481 e. The smallest absolute Gasteiger partial charge is 0.280 e. The Balaban J connectivity index is 1.80. The molecule has 0 aromatic heterocycles. The van der Waals surface area contributed by atoms with Crippen LogP contribution >= 0.6 is 11.6 Å². The number of hydrazone groups is 1. The van der Waals surface area contributed by atoms with Crippen LogP contribution in [0.25, 0.3) is 0 Å². The third-order valence-corrected chi connectivity index (χ3v) is 3.58. The number of amides is 2. The molecule has 2 aromatic rings. The molecule has 26 heavy (non-hydrogen) atoms. The first-order chi connectivity index (χ1) is 12.4. The molecule has 0 bridgehead atoms. The Hall–Kier alpha value is -2.86. The van der Waals surface area contributed by atoms with E-state index in [4.69, 9.17) is 16.3 Å². The number of benzene rings is 2. The Labute approximate surface area is 157 Å². The second kappa shape index (κ2) is 9.58. The van der Waals surface area contributed by atoms with Gasteiger partial charge in [0.05, 0.1) is 6.42 Å². The number of anilines is 1. The van der Waals surface area contributed by atoms with Crippen LogP contribution in [-0.4, -0.2) is 23.6 Å². The molecule has 0 heterocycles. The highest BCUT2D eigenvalue weighted by molar-refractivity contribution is 6.30. The van der Waals surface area contributed by atoms with Crippen molar-refractivity contribution in [1.82, 2.24) is 5.43 Å². The summed E-state index contributed by atoms with van der Waals surface area (Å²) >= 11 is 5.80. The molecule has 136 valence electrons. The van der Waals surface area contributed by atoms with Gasteiger partial charge >= 0.3 is 0 Å². The predicted molar refractivity (Wildman–Crippen MR) is 102 cm³/mol. The second-order valence-electron chi connectivity index (χ2n) is 5.63. The van der Waals surface area contributed by atoms with Crippen molar-refractivity contribution in [2.45, 2.75) is 26.4 Å². The lowest BCUT2D eigenvalue weighted by atomic mass is 10.2. The van der Waals surface area contributed by atoms with Gasteiger partial charge in [-0.2, -0.15) is 5.10 Å². The summed E-state index contributed by atoms with van der Waals surface area (Å²) in [4.78, 5) is 24.0. The first kappa shape index (κ1) is 19.5. The standard InChI is InChI=1S/C19H20ClN3O3/c1-13(12-18(24)21-16-6-4-3-5-7-16)22-23-19(25)14(2)26-17-10-8-15(20)9-11-17/h3-11,14H,12H2,1-2H3,(H,21,24)(H,23,25)/b22-13+. The topological polar surface area (TPSA) is 79.8 Å². The molecule has 0 fully saturated rings. The predicted octanol–water partition coefficient (Wildman–Crippen LogP) is 3.63. The van der Waals surface area contributed by atoms with E-state index in [1.165, 1.54) is 0 Å².